The Labute approximate surface area is 235 Å². The molecule has 0 aliphatic carbocycles. The molecule has 11 heteroatoms. The number of amides is 2. The SMILES string of the molecule is CN1C(=O)N(C)[C@]2(c3ccccc3)Nn3c(s/c(=C\c4cc5c(cc4Br)OCO5)c3=O)=N[C@@]12c1ccccc1. The van der Waals surface area contributed by atoms with Crippen molar-refractivity contribution in [1.82, 2.24) is 14.5 Å². The topological polar surface area (TPSA) is 88.4 Å². The van der Waals surface area contributed by atoms with Gasteiger partial charge in [-0.25, -0.2) is 9.79 Å². The van der Waals surface area contributed by atoms with Gasteiger partial charge in [-0.05, 0) is 23.8 Å². The summed E-state index contributed by atoms with van der Waals surface area (Å²) in [4.78, 5) is 36.5. The van der Waals surface area contributed by atoms with E-state index in [-0.39, 0.29) is 18.4 Å². The summed E-state index contributed by atoms with van der Waals surface area (Å²) < 4.78 is 13.7. The highest BCUT2D eigenvalue weighted by Gasteiger charge is 2.69. The van der Waals surface area contributed by atoms with Gasteiger partial charge in [0.05, 0.1) is 4.53 Å². The number of carbonyl (C=O) groups is 1. The number of benzene rings is 3. The number of nitrogens with zero attached hydrogens (tertiary/aromatic N) is 4. The predicted molar refractivity (Wildman–Crippen MR) is 150 cm³/mol. The summed E-state index contributed by atoms with van der Waals surface area (Å²) in [6.45, 7) is 0.160. The lowest BCUT2D eigenvalue weighted by Gasteiger charge is -2.49. The van der Waals surface area contributed by atoms with Gasteiger partial charge in [0.1, 0.15) is 0 Å². The Morgan fingerprint density at radius 3 is 2.28 bits per heavy atom. The van der Waals surface area contributed by atoms with E-state index in [0.29, 0.717) is 20.8 Å². The number of likely N-dealkylation sites (N-methyl/N-ethyl adjacent to an activating group) is 2. The Morgan fingerprint density at radius 1 is 0.949 bits per heavy atom. The van der Waals surface area contributed by atoms with Crippen molar-refractivity contribution in [2.75, 3.05) is 26.3 Å². The maximum atomic E-state index is 13.9. The molecular weight excluding hydrogens is 582 g/mol. The fourth-order valence-electron chi connectivity index (χ4n) is 5.70. The van der Waals surface area contributed by atoms with Gasteiger partial charge in [0, 0.05) is 29.7 Å². The van der Waals surface area contributed by atoms with Gasteiger partial charge in [0.2, 0.25) is 22.9 Å². The number of urea groups is 1. The van der Waals surface area contributed by atoms with Crippen LogP contribution in [0.3, 0.4) is 0 Å². The summed E-state index contributed by atoms with van der Waals surface area (Å²) in [5.41, 5.74) is 3.19. The summed E-state index contributed by atoms with van der Waals surface area (Å²) in [6, 6.07) is 22.8. The summed E-state index contributed by atoms with van der Waals surface area (Å²) in [5.74, 6) is 1.27. The summed E-state index contributed by atoms with van der Waals surface area (Å²) in [5, 5.41) is 0. The fraction of sp³-hybridized carbons (Fsp3) is 0.179. The van der Waals surface area contributed by atoms with Crippen LogP contribution < -0.4 is 29.8 Å². The zero-order valence-corrected chi connectivity index (χ0v) is 23.3. The molecule has 3 aliphatic heterocycles. The minimum absolute atomic E-state index is 0.160. The Morgan fingerprint density at radius 2 is 1.59 bits per heavy atom. The third kappa shape index (κ3) is 3.14. The van der Waals surface area contributed by atoms with Crippen molar-refractivity contribution in [3.8, 4) is 11.5 Å². The van der Waals surface area contributed by atoms with E-state index in [0.717, 1.165) is 21.2 Å². The first-order valence-electron chi connectivity index (χ1n) is 12.2. The zero-order valence-electron chi connectivity index (χ0n) is 20.9. The fourth-order valence-corrected chi connectivity index (χ4v) is 7.10. The van der Waals surface area contributed by atoms with Crippen LogP contribution in [0.2, 0.25) is 0 Å². The Kier molecular flexibility index (Phi) is 5.20. The Bertz CT molecular complexity index is 1830. The second kappa shape index (κ2) is 8.45. The van der Waals surface area contributed by atoms with Crippen LogP contribution in [0.5, 0.6) is 11.5 Å². The number of thiazole rings is 1. The molecule has 3 aromatic carbocycles. The number of nitrogens with one attached hydrogen (secondary N) is 1. The molecule has 0 bridgehead atoms. The molecule has 0 radical (unpaired) electrons. The molecule has 4 aromatic rings. The number of ether oxygens (including phenoxy) is 2. The van der Waals surface area contributed by atoms with Gasteiger partial charge in [0.15, 0.2) is 11.5 Å². The highest BCUT2D eigenvalue weighted by atomic mass is 79.9. The van der Waals surface area contributed by atoms with E-state index in [1.165, 1.54) is 16.0 Å². The molecule has 1 aromatic heterocycles. The van der Waals surface area contributed by atoms with Gasteiger partial charge in [0.25, 0.3) is 5.56 Å². The molecule has 3 aliphatic rings. The Balaban J connectivity index is 1.53. The molecule has 1 N–H and O–H groups in total. The number of hydrogen-bond donors (Lipinski definition) is 1. The minimum Gasteiger partial charge on any atom is -0.454 e. The van der Waals surface area contributed by atoms with E-state index in [4.69, 9.17) is 14.5 Å². The van der Waals surface area contributed by atoms with Crippen LogP contribution in [0.1, 0.15) is 16.7 Å². The van der Waals surface area contributed by atoms with E-state index in [1.54, 1.807) is 30.0 Å². The molecular formula is C28H22BrN5O4S. The average molecular weight is 604 g/mol. The van der Waals surface area contributed by atoms with E-state index < -0.39 is 11.3 Å². The van der Waals surface area contributed by atoms with Gasteiger partial charge in [-0.2, -0.15) is 4.68 Å². The van der Waals surface area contributed by atoms with E-state index in [2.05, 4.69) is 21.4 Å². The largest absolute Gasteiger partial charge is 0.454 e. The number of rotatable bonds is 3. The number of halogens is 1. The molecule has 39 heavy (non-hydrogen) atoms. The van der Waals surface area contributed by atoms with Gasteiger partial charge in [-0.3, -0.25) is 20.0 Å². The first-order valence-corrected chi connectivity index (χ1v) is 13.8. The molecule has 196 valence electrons. The molecule has 1 fully saturated rings. The van der Waals surface area contributed by atoms with Crippen LogP contribution in [0.25, 0.3) is 6.08 Å². The highest BCUT2D eigenvalue weighted by Crippen LogP contribution is 2.53. The molecule has 1 saturated heterocycles. The number of aromatic nitrogens is 1. The molecule has 7 rings (SSSR count). The zero-order chi connectivity index (χ0) is 26.9. The summed E-state index contributed by atoms with van der Waals surface area (Å²) >= 11 is 4.84. The highest BCUT2D eigenvalue weighted by molar-refractivity contribution is 9.10. The molecule has 9 nitrogen and oxygen atoms in total. The van der Waals surface area contributed by atoms with Crippen LogP contribution >= 0.6 is 27.3 Å². The average Bonchev–Trinajstić information content (AvgIpc) is 3.58. The van der Waals surface area contributed by atoms with E-state index >= 15 is 0 Å². The van der Waals surface area contributed by atoms with Crippen LogP contribution in [0.15, 0.2) is 87.1 Å². The number of hydrogen-bond acceptors (Lipinski definition) is 7. The van der Waals surface area contributed by atoms with Crippen molar-refractivity contribution in [2.24, 2.45) is 4.99 Å². The van der Waals surface area contributed by atoms with Gasteiger partial charge < -0.3 is 9.47 Å². The molecule has 0 spiro atoms. The van der Waals surface area contributed by atoms with E-state index in [1.807, 2.05) is 72.8 Å². The molecule has 0 saturated carbocycles. The van der Waals surface area contributed by atoms with Crippen molar-refractivity contribution >= 4 is 39.4 Å². The smallest absolute Gasteiger partial charge is 0.324 e. The third-order valence-corrected chi connectivity index (χ3v) is 9.21. The second-order valence-corrected chi connectivity index (χ2v) is 11.4. The summed E-state index contributed by atoms with van der Waals surface area (Å²) in [7, 11) is 3.48. The van der Waals surface area contributed by atoms with Crippen LogP contribution in [0.4, 0.5) is 4.79 Å². The third-order valence-electron chi connectivity index (χ3n) is 7.55. The van der Waals surface area contributed by atoms with Crippen molar-refractivity contribution in [3.63, 3.8) is 0 Å². The lowest BCUT2D eigenvalue weighted by molar-refractivity contribution is 0.0648. The van der Waals surface area contributed by atoms with Crippen LogP contribution in [-0.2, 0) is 11.3 Å². The van der Waals surface area contributed by atoms with Gasteiger partial charge >= 0.3 is 6.03 Å². The van der Waals surface area contributed by atoms with Crippen LogP contribution in [0, 0.1) is 0 Å². The number of fused-ring (bicyclic) bond motifs is 3. The second-order valence-electron chi connectivity index (χ2n) is 9.50. The summed E-state index contributed by atoms with van der Waals surface area (Å²) in [6.07, 6.45) is 1.81. The quantitative estimate of drug-likeness (QED) is 0.389. The standard InChI is InChI=1S/C28H22BrN5O4S/c1-32-26(36)33(2)28(19-11-7-4-8-12-19)27(32,18-9-5-3-6-10-18)30-25-34(31-28)24(35)23(39-25)14-17-13-21-22(15-20(17)29)38-16-37-21/h3-15,31H,16H2,1-2H3/b23-14-/t27-,28-/m0/s1. The lowest BCUT2D eigenvalue weighted by atomic mass is 9.80. The monoisotopic (exact) mass is 603 g/mol. The van der Waals surface area contributed by atoms with Crippen molar-refractivity contribution in [1.29, 1.82) is 0 Å². The number of carbonyl (C=O) groups excluding carboxylic acids is 1. The molecule has 0 unspecified atom stereocenters. The van der Waals surface area contributed by atoms with Crippen molar-refractivity contribution in [3.05, 3.63) is 114 Å². The maximum Gasteiger partial charge on any atom is 0.324 e. The molecule has 2 atom stereocenters. The Hall–Kier alpha value is -4.09. The first-order chi connectivity index (χ1) is 18.9. The van der Waals surface area contributed by atoms with Gasteiger partial charge in [-0.1, -0.05) is 87.9 Å². The maximum absolute atomic E-state index is 13.9. The normalized spacial score (nSPS) is 23.4. The van der Waals surface area contributed by atoms with Crippen molar-refractivity contribution in [2.45, 2.75) is 11.3 Å². The predicted octanol–water partition coefficient (Wildman–Crippen LogP) is 3.11. The molecule has 4 heterocycles. The van der Waals surface area contributed by atoms with Crippen molar-refractivity contribution < 1.29 is 14.3 Å². The lowest BCUT2D eigenvalue weighted by Crippen LogP contribution is -2.67. The minimum atomic E-state index is -1.21. The first kappa shape index (κ1) is 24.0. The van der Waals surface area contributed by atoms with Gasteiger partial charge in [-0.15, -0.1) is 0 Å². The van der Waals surface area contributed by atoms with E-state index in [9.17, 15) is 9.59 Å². The molecule has 2 amide bonds. The van der Waals surface area contributed by atoms with Crippen LogP contribution in [-0.4, -0.2) is 41.4 Å².